The van der Waals surface area contributed by atoms with Crippen LogP contribution < -0.4 is 0 Å². The van der Waals surface area contributed by atoms with Crippen molar-refractivity contribution in [2.45, 2.75) is 32.6 Å². The zero-order valence-corrected chi connectivity index (χ0v) is 10.8. The molecule has 0 spiro atoms. The van der Waals surface area contributed by atoms with Crippen LogP contribution in [0.5, 0.6) is 0 Å². The van der Waals surface area contributed by atoms with Crippen molar-refractivity contribution in [2.75, 3.05) is 0 Å². The molecule has 0 saturated heterocycles. The van der Waals surface area contributed by atoms with E-state index in [-0.39, 0.29) is 11.2 Å². The molecular formula is C13H13BrO2. The number of allylic oxidation sites excluding steroid dienone is 2. The average molecular weight is 281 g/mol. The fourth-order valence-corrected chi connectivity index (χ4v) is 3.40. The predicted octanol–water partition coefficient (Wildman–Crippen LogP) is 3.44. The minimum absolute atomic E-state index is 0.0334. The van der Waals surface area contributed by atoms with E-state index in [0.29, 0.717) is 6.42 Å². The van der Waals surface area contributed by atoms with Gasteiger partial charge < -0.3 is 4.42 Å². The highest BCUT2D eigenvalue weighted by Crippen LogP contribution is 2.45. The maximum Gasteiger partial charge on any atom is 0.169 e. The standard InChI is InChI=1S/C13H13BrO2/c1-13-6-8-4-12(14)16-11(8)3-2-9(13)5-10(15)7-13/h4-5H,2-3,6-7H2,1H3. The van der Waals surface area contributed by atoms with Crippen molar-refractivity contribution in [1.82, 2.24) is 0 Å². The molecule has 0 aromatic carbocycles. The van der Waals surface area contributed by atoms with Gasteiger partial charge in [0.1, 0.15) is 5.76 Å². The number of carbonyl (C=O) groups is 1. The topological polar surface area (TPSA) is 30.2 Å². The van der Waals surface area contributed by atoms with Crippen LogP contribution in [0.3, 0.4) is 0 Å². The summed E-state index contributed by atoms with van der Waals surface area (Å²) >= 11 is 3.37. The Morgan fingerprint density at radius 2 is 2.19 bits per heavy atom. The van der Waals surface area contributed by atoms with Crippen LogP contribution in [0.4, 0.5) is 0 Å². The van der Waals surface area contributed by atoms with Crippen molar-refractivity contribution < 1.29 is 9.21 Å². The van der Waals surface area contributed by atoms with Crippen LogP contribution in [-0.2, 0) is 17.6 Å². The summed E-state index contributed by atoms with van der Waals surface area (Å²) < 4.78 is 6.43. The number of fused-ring (bicyclic) bond motifs is 2. The minimum atomic E-state index is 0.0334. The van der Waals surface area contributed by atoms with Crippen LogP contribution in [0, 0.1) is 5.41 Å². The lowest BCUT2D eigenvalue weighted by atomic mass is 9.78. The monoisotopic (exact) mass is 280 g/mol. The zero-order chi connectivity index (χ0) is 11.3. The van der Waals surface area contributed by atoms with Crippen LogP contribution in [0.1, 0.15) is 31.1 Å². The van der Waals surface area contributed by atoms with Gasteiger partial charge in [-0.1, -0.05) is 12.5 Å². The molecule has 0 bridgehead atoms. The highest BCUT2D eigenvalue weighted by Gasteiger charge is 2.39. The Bertz CT molecular complexity index is 498. The second-order valence-corrected chi connectivity index (χ2v) is 5.83. The highest BCUT2D eigenvalue weighted by atomic mass is 79.9. The Hall–Kier alpha value is -0.830. The van der Waals surface area contributed by atoms with Crippen molar-refractivity contribution in [2.24, 2.45) is 5.41 Å². The molecule has 3 rings (SSSR count). The van der Waals surface area contributed by atoms with Gasteiger partial charge in [0, 0.05) is 18.3 Å². The quantitative estimate of drug-likeness (QED) is 0.729. The van der Waals surface area contributed by atoms with Gasteiger partial charge in [0.05, 0.1) is 0 Å². The molecule has 1 aromatic heterocycles. The van der Waals surface area contributed by atoms with E-state index in [9.17, 15) is 4.79 Å². The highest BCUT2D eigenvalue weighted by molar-refractivity contribution is 9.10. The minimum Gasteiger partial charge on any atom is -0.454 e. The summed E-state index contributed by atoms with van der Waals surface area (Å²) in [6.07, 6.45) is 5.30. The van der Waals surface area contributed by atoms with Gasteiger partial charge in [0.15, 0.2) is 10.5 Å². The molecule has 84 valence electrons. The fourth-order valence-electron chi connectivity index (χ4n) is 2.93. The molecule has 0 saturated carbocycles. The summed E-state index contributed by atoms with van der Waals surface area (Å²) in [5.74, 6) is 1.36. The predicted molar refractivity (Wildman–Crippen MR) is 64.2 cm³/mol. The number of carbonyl (C=O) groups excluding carboxylic acids is 1. The number of rotatable bonds is 0. The molecule has 2 nitrogen and oxygen atoms in total. The van der Waals surface area contributed by atoms with E-state index in [1.165, 1.54) is 11.1 Å². The zero-order valence-electron chi connectivity index (χ0n) is 9.18. The third-order valence-electron chi connectivity index (χ3n) is 3.74. The largest absolute Gasteiger partial charge is 0.454 e. The molecule has 1 aromatic rings. The Morgan fingerprint density at radius 3 is 3.00 bits per heavy atom. The maximum absolute atomic E-state index is 11.5. The van der Waals surface area contributed by atoms with Crippen molar-refractivity contribution in [3.8, 4) is 0 Å². The van der Waals surface area contributed by atoms with Crippen LogP contribution >= 0.6 is 15.9 Å². The van der Waals surface area contributed by atoms with Crippen molar-refractivity contribution in [3.05, 3.63) is 33.7 Å². The Balaban J connectivity index is 2.03. The second-order valence-electron chi connectivity index (χ2n) is 5.05. The SMILES string of the molecule is CC12CC(=O)C=C1CCc1oc(Br)cc1C2. The van der Waals surface area contributed by atoms with Gasteiger partial charge in [-0.3, -0.25) is 4.79 Å². The van der Waals surface area contributed by atoms with E-state index in [1.807, 2.05) is 12.1 Å². The lowest BCUT2D eigenvalue weighted by molar-refractivity contribution is -0.115. The molecule has 2 aliphatic carbocycles. The van der Waals surface area contributed by atoms with Crippen molar-refractivity contribution >= 4 is 21.7 Å². The van der Waals surface area contributed by atoms with Crippen molar-refractivity contribution in [3.63, 3.8) is 0 Å². The molecule has 0 amide bonds. The molecule has 16 heavy (non-hydrogen) atoms. The summed E-state index contributed by atoms with van der Waals surface area (Å²) in [5, 5.41) is 0. The van der Waals surface area contributed by atoms with E-state index in [0.717, 1.165) is 29.7 Å². The third-order valence-corrected chi connectivity index (χ3v) is 4.13. The summed E-state index contributed by atoms with van der Waals surface area (Å²) in [6.45, 7) is 2.19. The fraction of sp³-hybridized carbons (Fsp3) is 0.462. The lowest BCUT2D eigenvalue weighted by Gasteiger charge is -2.24. The Kier molecular flexibility index (Phi) is 2.15. The van der Waals surface area contributed by atoms with Gasteiger partial charge in [0.2, 0.25) is 0 Å². The molecule has 1 unspecified atom stereocenters. The lowest BCUT2D eigenvalue weighted by Crippen LogP contribution is -2.18. The number of ketones is 1. The Labute approximate surface area is 103 Å². The number of halogens is 1. The first-order chi connectivity index (χ1) is 7.57. The maximum atomic E-state index is 11.5. The van der Waals surface area contributed by atoms with E-state index >= 15 is 0 Å². The third kappa shape index (κ3) is 1.49. The number of hydrogen-bond donors (Lipinski definition) is 0. The molecular weight excluding hydrogens is 268 g/mol. The van der Waals surface area contributed by atoms with E-state index < -0.39 is 0 Å². The van der Waals surface area contributed by atoms with E-state index in [1.54, 1.807) is 0 Å². The molecule has 3 heteroatoms. The second kappa shape index (κ2) is 3.33. The first-order valence-corrected chi connectivity index (χ1v) is 6.37. The Morgan fingerprint density at radius 1 is 1.38 bits per heavy atom. The van der Waals surface area contributed by atoms with Crippen LogP contribution in [0.25, 0.3) is 0 Å². The number of aryl methyl sites for hydroxylation is 1. The van der Waals surface area contributed by atoms with E-state index in [4.69, 9.17) is 4.42 Å². The average Bonchev–Trinajstić information content (AvgIpc) is 2.61. The van der Waals surface area contributed by atoms with Gasteiger partial charge >= 0.3 is 0 Å². The number of hydrogen-bond acceptors (Lipinski definition) is 2. The van der Waals surface area contributed by atoms with Crippen LogP contribution in [0.2, 0.25) is 0 Å². The van der Waals surface area contributed by atoms with Gasteiger partial charge in [-0.15, -0.1) is 0 Å². The normalized spacial score (nSPS) is 28.4. The van der Waals surface area contributed by atoms with Gasteiger partial charge in [-0.2, -0.15) is 0 Å². The first kappa shape index (κ1) is 10.3. The summed E-state index contributed by atoms with van der Waals surface area (Å²) in [5.41, 5.74) is 2.60. The smallest absolute Gasteiger partial charge is 0.169 e. The molecule has 0 radical (unpaired) electrons. The van der Waals surface area contributed by atoms with Crippen LogP contribution in [-0.4, -0.2) is 5.78 Å². The molecule has 0 aliphatic heterocycles. The summed E-state index contributed by atoms with van der Waals surface area (Å²) in [4.78, 5) is 11.5. The van der Waals surface area contributed by atoms with Gasteiger partial charge in [-0.05, 0) is 46.5 Å². The molecule has 2 aliphatic rings. The molecule has 1 atom stereocenters. The van der Waals surface area contributed by atoms with Gasteiger partial charge in [0.25, 0.3) is 0 Å². The van der Waals surface area contributed by atoms with Gasteiger partial charge in [-0.25, -0.2) is 0 Å². The molecule has 0 fully saturated rings. The van der Waals surface area contributed by atoms with Crippen molar-refractivity contribution in [1.29, 1.82) is 0 Å². The molecule has 0 N–H and O–H groups in total. The molecule has 1 heterocycles. The first-order valence-electron chi connectivity index (χ1n) is 5.58. The summed E-state index contributed by atoms with van der Waals surface area (Å²) in [7, 11) is 0. The van der Waals surface area contributed by atoms with E-state index in [2.05, 4.69) is 22.9 Å². The van der Waals surface area contributed by atoms with Crippen LogP contribution in [0.15, 0.2) is 26.8 Å². The number of furan rings is 1. The summed E-state index contributed by atoms with van der Waals surface area (Å²) in [6, 6.07) is 2.05.